The molecule has 0 bridgehead atoms. The molecule has 5 rings (SSSR count). The van der Waals surface area contributed by atoms with Crippen LogP contribution in [0.1, 0.15) is 54.8 Å². The molecular formula is C26H34N4O3. The van der Waals surface area contributed by atoms with Gasteiger partial charge in [-0.05, 0) is 79.5 Å². The second-order valence-electron chi connectivity index (χ2n) is 10.2. The number of aryl methyl sites for hydroxylation is 2. The number of rotatable bonds is 9. The van der Waals surface area contributed by atoms with E-state index < -0.39 is 5.97 Å². The van der Waals surface area contributed by atoms with Crippen molar-refractivity contribution < 1.29 is 14.6 Å². The minimum absolute atomic E-state index is 0.0317. The van der Waals surface area contributed by atoms with E-state index in [1.165, 1.54) is 17.7 Å². The molecule has 7 heteroatoms. The topological polar surface area (TPSA) is 87.6 Å². The third-order valence-corrected chi connectivity index (χ3v) is 7.73. The number of hydrogen-bond acceptors (Lipinski definition) is 6. The summed E-state index contributed by atoms with van der Waals surface area (Å²) >= 11 is 0. The Morgan fingerprint density at radius 2 is 2.15 bits per heavy atom. The van der Waals surface area contributed by atoms with Crippen molar-refractivity contribution >= 4 is 11.8 Å². The van der Waals surface area contributed by atoms with Gasteiger partial charge in [0.25, 0.3) is 0 Å². The SMILES string of the molecule is COc1ccc(C(CC(=O)O)C2CC3(C2)CN(CCCc2ccc4c(n2)NCCC4)C3)cn1. The van der Waals surface area contributed by atoms with E-state index in [2.05, 4.69) is 27.3 Å². The van der Waals surface area contributed by atoms with Crippen LogP contribution in [0.15, 0.2) is 30.5 Å². The van der Waals surface area contributed by atoms with E-state index in [-0.39, 0.29) is 12.3 Å². The van der Waals surface area contributed by atoms with Gasteiger partial charge in [-0.25, -0.2) is 9.97 Å². The minimum Gasteiger partial charge on any atom is -0.481 e. The first-order chi connectivity index (χ1) is 16.0. The highest BCUT2D eigenvalue weighted by Crippen LogP contribution is 2.56. The maximum atomic E-state index is 11.5. The number of anilines is 1. The first-order valence-electron chi connectivity index (χ1n) is 12.2. The van der Waals surface area contributed by atoms with Gasteiger partial charge in [-0.15, -0.1) is 0 Å². The number of fused-ring (bicyclic) bond motifs is 1. The zero-order valence-corrected chi connectivity index (χ0v) is 19.4. The highest BCUT2D eigenvalue weighted by atomic mass is 16.5. The van der Waals surface area contributed by atoms with E-state index in [9.17, 15) is 9.90 Å². The van der Waals surface area contributed by atoms with Crippen LogP contribution in [-0.4, -0.2) is 59.2 Å². The number of carbonyl (C=O) groups is 1. The third-order valence-electron chi connectivity index (χ3n) is 7.73. The summed E-state index contributed by atoms with van der Waals surface area (Å²) in [5, 5.41) is 12.9. The summed E-state index contributed by atoms with van der Waals surface area (Å²) in [6.45, 7) is 4.43. The molecule has 4 heterocycles. The molecule has 2 aliphatic heterocycles. The fourth-order valence-electron chi connectivity index (χ4n) is 6.12. The van der Waals surface area contributed by atoms with Gasteiger partial charge >= 0.3 is 5.97 Å². The van der Waals surface area contributed by atoms with Crippen molar-refractivity contribution in [2.24, 2.45) is 11.3 Å². The molecular weight excluding hydrogens is 416 g/mol. The van der Waals surface area contributed by atoms with E-state index in [0.717, 1.165) is 69.7 Å². The number of likely N-dealkylation sites (tertiary alicyclic amines) is 1. The lowest BCUT2D eigenvalue weighted by Gasteiger charge is -2.61. The number of aliphatic carboxylic acids is 1. The Balaban J connectivity index is 1.08. The molecule has 176 valence electrons. The van der Waals surface area contributed by atoms with Crippen molar-refractivity contribution in [2.75, 3.05) is 38.6 Å². The molecule has 33 heavy (non-hydrogen) atoms. The Bertz CT molecular complexity index is 980. The van der Waals surface area contributed by atoms with Crippen molar-refractivity contribution in [1.29, 1.82) is 0 Å². The maximum Gasteiger partial charge on any atom is 0.303 e. The average Bonchev–Trinajstić information content (AvgIpc) is 2.78. The number of nitrogens with zero attached hydrogens (tertiary/aromatic N) is 3. The Kier molecular flexibility index (Phi) is 6.23. The molecule has 2 N–H and O–H groups in total. The first-order valence-corrected chi connectivity index (χ1v) is 12.2. The summed E-state index contributed by atoms with van der Waals surface area (Å²) in [7, 11) is 1.59. The molecule has 2 fully saturated rings. The molecule has 1 atom stereocenters. The molecule has 0 aromatic carbocycles. The predicted molar refractivity (Wildman–Crippen MR) is 127 cm³/mol. The van der Waals surface area contributed by atoms with Gasteiger partial charge in [0, 0.05) is 37.6 Å². The number of pyridine rings is 2. The smallest absolute Gasteiger partial charge is 0.303 e. The zero-order chi connectivity index (χ0) is 22.8. The second kappa shape index (κ2) is 9.29. The highest BCUT2D eigenvalue weighted by molar-refractivity contribution is 5.68. The van der Waals surface area contributed by atoms with Crippen LogP contribution in [0.2, 0.25) is 0 Å². The lowest BCUT2D eigenvalue weighted by molar-refractivity contribution is -0.140. The summed E-state index contributed by atoms with van der Waals surface area (Å²) in [5.41, 5.74) is 3.95. The molecule has 1 spiro atoms. The lowest BCUT2D eigenvalue weighted by atomic mass is 9.53. The van der Waals surface area contributed by atoms with Crippen LogP contribution < -0.4 is 10.1 Å². The van der Waals surface area contributed by atoms with E-state index in [1.54, 1.807) is 13.3 Å². The normalized spacial score (nSPS) is 20.3. The number of carboxylic acids is 1. The maximum absolute atomic E-state index is 11.5. The molecule has 0 amide bonds. The molecule has 7 nitrogen and oxygen atoms in total. The Hall–Kier alpha value is -2.67. The van der Waals surface area contributed by atoms with Gasteiger partial charge in [-0.1, -0.05) is 12.1 Å². The summed E-state index contributed by atoms with van der Waals surface area (Å²) in [5.74, 6) is 1.37. The van der Waals surface area contributed by atoms with Crippen LogP contribution >= 0.6 is 0 Å². The fourth-order valence-corrected chi connectivity index (χ4v) is 6.12. The van der Waals surface area contributed by atoms with Gasteiger partial charge in [0.05, 0.1) is 13.5 Å². The first kappa shape index (κ1) is 22.1. The van der Waals surface area contributed by atoms with Gasteiger partial charge < -0.3 is 20.1 Å². The Morgan fingerprint density at radius 1 is 1.30 bits per heavy atom. The van der Waals surface area contributed by atoms with E-state index in [1.807, 2.05) is 12.1 Å². The van der Waals surface area contributed by atoms with Crippen molar-refractivity contribution in [3.8, 4) is 5.88 Å². The number of methoxy groups -OCH3 is 1. The average molecular weight is 451 g/mol. The lowest BCUT2D eigenvalue weighted by Crippen LogP contribution is -2.62. The van der Waals surface area contributed by atoms with Crippen molar-refractivity contribution in [3.05, 3.63) is 47.3 Å². The van der Waals surface area contributed by atoms with Crippen LogP contribution in [0, 0.1) is 11.3 Å². The number of hydrogen-bond donors (Lipinski definition) is 2. The number of ether oxygens (including phenoxy) is 1. The van der Waals surface area contributed by atoms with E-state index in [4.69, 9.17) is 9.72 Å². The largest absolute Gasteiger partial charge is 0.481 e. The van der Waals surface area contributed by atoms with Crippen molar-refractivity contribution in [1.82, 2.24) is 14.9 Å². The highest BCUT2D eigenvalue weighted by Gasteiger charge is 2.53. The summed E-state index contributed by atoms with van der Waals surface area (Å²) < 4.78 is 5.15. The zero-order valence-electron chi connectivity index (χ0n) is 19.4. The van der Waals surface area contributed by atoms with Crippen molar-refractivity contribution in [2.45, 2.75) is 50.9 Å². The Morgan fingerprint density at radius 3 is 2.88 bits per heavy atom. The molecule has 0 radical (unpaired) electrons. The standard InChI is InChI=1S/C26H34N4O3/c1-33-23-9-7-19(15-28-23)22(12-24(31)32)20-13-26(14-20)16-30(17-26)11-3-5-21-8-6-18-4-2-10-27-25(18)29-21/h6-9,15,20,22H,2-5,10-14,16-17H2,1H3,(H,27,29)(H,31,32). The van der Waals surface area contributed by atoms with Crippen molar-refractivity contribution in [3.63, 3.8) is 0 Å². The van der Waals surface area contributed by atoms with Crippen LogP contribution in [0.3, 0.4) is 0 Å². The number of nitrogens with one attached hydrogen (secondary N) is 1. The molecule has 2 aromatic rings. The van der Waals surface area contributed by atoms with Crippen LogP contribution in [-0.2, 0) is 17.6 Å². The molecule has 1 unspecified atom stereocenters. The summed E-state index contributed by atoms with van der Waals surface area (Å²) in [6, 6.07) is 8.23. The van der Waals surface area contributed by atoms with Crippen LogP contribution in [0.5, 0.6) is 5.88 Å². The van der Waals surface area contributed by atoms with Gasteiger partial charge in [0.1, 0.15) is 5.82 Å². The van der Waals surface area contributed by atoms with E-state index >= 15 is 0 Å². The molecule has 1 saturated heterocycles. The predicted octanol–water partition coefficient (Wildman–Crippen LogP) is 3.75. The minimum atomic E-state index is -0.738. The fraction of sp³-hybridized carbons (Fsp3) is 0.577. The number of carboxylic acid groups (broad SMARTS) is 1. The third kappa shape index (κ3) is 4.83. The number of aromatic nitrogens is 2. The van der Waals surface area contributed by atoms with Gasteiger partial charge in [0.15, 0.2) is 0 Å². The van der Waals surface area contributed by atoms with Gasteiger partial charge in [-0.2, -0.15) is 0 Å². The Labute approximate surface area is 195 Å². The monoisotopic (exact) mass is 450 g/mol. The molecule has 1 aliphatic carbocycles. The quantitative estimate of drug-likeness (QED) is 0.602. The molecule has 2 aromatic heterocycles. The second-order valence-corrected chi connectivity index (χ2v) is 10.2. The van der Waals surface area contributed by atoms with E-state index in [0.29, 0.717) is 17.2 Å². The van der Waals surface area contributed by atoms with Gasteiger partial charge in [0.2, 0.25) is 5.88 Å². The van der Waals surface area contributed by atoms with Gasteiger partial charge in [-0.3, -0.25) is 4.79 Å². The molecule has 1 saturated carbocycles. The molecule has 3 aliphatic rings. The summed E-state index contributed by atoms with van der Waals surface area (Å²) in [4.78, 5) is 23.2. The van der Waals surface area contributed by atoms with Crippen LogP contribution in [0.25, 0.3) is 0 Å². The summed E-state index contributed by atoms with van der Waals surface area (Å²) in [6.07, 6.45) is 8.66. The van der Waals surface area contributed by atoms with Crippen LogP contribution in [0.4, 0.5) is 5.82 Å².